The van der Waals surface area contributed by atoms with Crippen molar-refractivity contribution in [3.8, 4) is 0 Å². The number of ketones is 1. The van der Waals surface area contributed by atoms with E-state index in [0.29, 0.717) is 18.1 Å². The molecule has 0 saturated heterocycles. The number of Topliss-reactive ketones (excluding diaryl/α,β-unsaturated/α-hetero) is 1. The monoisotopic (exact) mass is 218 g/mol. The first-order valence-corrected chi connectivity index (χ1v) is 5.97. The van der Waals surface area contributed by atoms with Crippen molar-refractivity contribution in [1.82, 2.24) is 0 Å². The summed E-state index contributed by atoms with van der Waals surface area (Å²) >= 11 is 0. The Kier molecular flexibility index (Phi) is 3.39. The molecular formula is C14H18O2. The van der Waals surface area contributed by atoms with E-state index in [2.05, 4.69) is 0 Å². The highest BCUT2D eigenvalue weighted by molar-refractivity contribution is 5.80. The lowest BCUT2D eigenvalue weighted by Gasteiger charge is -2.24. The van der Waals surface area contributed by atoms with Gasteiger partial charge in [-0.1, -0.05) is 24.3 Å². The third-order valence-electron chi connectivity index (χ3n) is 3.37. The van der Waals surface area contributed by atoms with Gasteiger partial charge in [0.25, 0.3) is 0 Å². The maximum atomic E-state index is 11.5. The lowest BCUT2D eigenvalue weighted by Crippen LogP contribution is -2.15. The van der Waals surface area contributed by atoms with E-state index in [1.807, 2.05) is 24.3 Å². The molecule has 2 nitrogen and oxygen atoms in total. The van der Waals surface area contributed by atoms with Gasteiger partial charge in [0.15, 0.2) is 0 Å². The van der Waals surface area contributed by atoms with Gasteiger partial charge in [-0.15, -0.1) is 0 Å². The van der Waals surface area contributed by atoms with Gasteiger partial charge in [-0.3, -0.25) is 4.79 Å². The molecule has 1 saturated carbocycles. The molecule has 1 N–H and O–H groups in total. The number of rotatable bonds is 2. The van der Waals surface area contributed by atoms with Crippen molar-refractivity contribution >= 4 is 5.78 Å². The van der Waals surface area contributed by atoms with Crippen LogP contribution in [0, 0.1) is 0 Å². The number of aliphatic hydroxyl groups excluding tert-OH is 1. The van der Waals surface area contributed by atoms with Crippen LogP contribution in [-0.4, -0.2) is 10.9 Å². The predicted molar refractivity (Wildman–Crippen MR) is 63.3 cm³/mol. The minimum absolute atomic E-state index is 0.312. The lowest BCUT2D eigenvalue weighted by atomic mass is 9.81. The molecule has 0 aliphatic heterocycles. The van der Waals surface area contributed by atoms with Gasteiger partial charge in [0, 0.05) is 12.8 Å². The van der Waals surface area contributed by atoms with E-state index in [9.17, 15) is 9.90 Å². The Morgan fingerprint density at radius 2 is 2.12 bits per heavy atom. The first kappa shape index (κ1) is 11.3. The van der Waals surface area contributed by atoms with Crippen molar-refractivity contribution in [2.24, 2.45) is 0 Å². The summed E-state index contributed by atoms with van der Waals surface area (Å²) in [6.45, 7) is 1.78. The predicted octanol–water partition coefficient (Wildman–Crippen LogP) is 2.97. The number of hydrogen-bond acceptors (Lipinski definition) is 2. The average molecular weight is 218 g/mol. The van der Waals surface area contributed by atoms with Crippen LogP contribution in [0.15, 0.2) is 24.3 Å². The van der Waals surface area contributed by atoms with E-state index in [0.717, 1.165) is 30.4 Å². The first-order chi connectivity index (χ1) is 7.68. The van der Waals surface area contributed by atoms with E-state index in [1.165, 1.54) is 0 Å². The van der Waals surface area contributed by atoms with Gasteiger partial charge in [-0.05, 0) is 36.8 Å². The smallest absolute Gasteiger partial charge is 0.133 e. The molecule has 1 aliphatic rings. The molecule has 2 unspecified atom stereocenters. The SMILES string of the molecule is CC(O)c1ccccc1C1CCCC(=O)C1. The Hall–Kier alpha value is -1.15. The Labute approximate surface area is 96.3 Å². The second-order valence-electron chi connectivity index (χ2n) is 4.64. The van der Waals surface area contributed by atoms with Gasteiger partial charge in [0.05, 0.1) is 6.10 Å². The highest BCUT2D eigenvalue weighted by Gasteiger charge is 2.23. The number of carbonyl (C=O) groups is 1. The molecule has 0 amide bonds. The molecule has 1 aromatic carbocycles. The van der Waals surface area contributed by atoms with E-state index in [-0.39, 0.29) is 0 Å². The van der Waals surface area contributed by atoms with Gasteiger partial charge in [0.2, 0.25) is 0 Å². The van der Waals surface area contributed by atoms with Crippen molar-refractivity contribution in [2.75, 3.05) is 0 Å². The van der Waals surface area contributed by atoms with Crippen LogP contribution < -0.4 is 0 Å². The summed E-state index contributed by atoms with van der Waals surface area (Å²) in [5.74, 6) is 0.670. The molecule has 2 heteroatoms. The van der Waals surface area contributed by atoms with Crippen LogP contribution >= 0.6 is 0 Å². The summed E-state index contributed by atoms with van der Waals surface area (Å²) in [4.78, 5) is 11.5. The lowest BCUT2D eigenvalue weighted by molar-refractivity contribution is -0.120. The van der Waals surface area contributed by atoms with Crippen LogP contribution in [0.1, 0.15) is 55.8 Å². The standard InChI is InChI=1S/C14H18O2/c1-10(15)13-7-2-3-8-14(13)11-5-4-6-12(16)9-11/h2-3,7-8,10-11,15H,4-6,9H2,1H3. The van der Waals surface area contributed by atoms with Crippen molar-refractivity contribution in [2.45, 2.75) is 44.6 Å². The maximum absolute atomic E-state index is 11.5. The molecule has 16 heavy (non-hydrogen) atoms. The highest BCUT2D eigenvalue weighted by atomic mass is 16.3. The fourth-order valence-corrected chi connectivity index (χ4v) is 2.55. The zero-order valence-electron chi connectivity index (χ0n) is 9.65. The third kappa shape index (κ3) is 2.33. The van der Waals surface area contributed by atoms with Crippen LogP contribution in [0.3, 0.4) is 0 Å². The van der Waals surface area contributed by atoms with Gasteiger partial charge in [-0.25, -0.2) is 0 Å². The Balaban J connectivity index is 2.28. The van der Waals surface area contributed by atoms with Crippen LogP contribution in [0.25, 0.3) is 0 Å². The second-order valence-corrected chi connectivity index (χ2v) is 4.64. The topological polar surface area (TPSA) is 37.3 Å². The Morgan fingerprint density at radius 1 is 1.38 bits per heavy atom. The van der Waals surface area contributed by atoms with Crippen molar-refractivity contribution in [3.05, 3.63) is 35.4 Å². The largest absolute Gasteiger partial charge is 0.389 e. The van der Waals surface area contributed by atoms with Crippen molar-refractivity contribution < 1.29 is 9.90 Å². The molecule has 0 spiro atoms. The molecule has 1 aromatic rings. The summed E-state index contributed by atoms with van der Waals surface area (Å²) in [5.41, 5.74) is 2.13. The molecule has 0 bridgehead atoms. The van der Waals surface area contributed by atoms with Crippen LogP contribution in [0.2, 0.25) is 0 Å². The molecule has 2 rings (SSSR count). The number of hydrogen-bond donors (Lipinski definition) is 1. The molecule has 1 fully saturated rings. The molecule has 0 radical (unpaired) electrons. The molecular weight excluding hydrogens is 200 g/mol. The van der Waals surface area contributed by atoms with Crippen LogP contribution in [0.4, 0.5) is 0 Å². The second kappa shape index (κ2) is 4.79. The minimum atomic E-state index is -0.451. The van der Waals surface area contributed by atoms with Gasteiger partial charge in [-0.2, -0.15) is 0 Å². The van der Waals surface area contributed by atoms with Crippen molar-refractivity contribution in [1.29, 1.82) is 0 Å². The van der Waals surface area contributed by atoms with E-state index >= 15 is 0 Å². The van der Waals surface area contributed by atoms with Crippen LogP contribution in [0.5, 0.6) is 0 Å². The summed E-state index contributed by atoms with van der Waals surface area (Å²) in [6.07, 6.45) is 2.97. The summed E-state index contributed by atoms with van der Waals surface area (Å²) in [5, 5.41) is 9.72. The number of carbonyl (C=O) groups excluding carboxylic acids is 1. The van der Waals surface area contributed by atoms with Crippen molar-refractivity contribution in [3.63, 3.8) is 0 Å². The highest BCUT2D eigenvalue weighted by Crippen LogP contribution is 2.34. The minimum Gasteiger partial charge on any atom is -0.389 e. The summed E-state index contributed by atoms with van der Waals surface area (Å²) < 4.78 is 0. The third-order valence-corrected chi connectivity index (χ3v) is 3.37. The summed E-state index contributed by atoms with van der Waals surface area (Å²) in [6, 6.07) is 7.93. The Bertz CT molecular complexity index is 382. The zero-order valence-corrected chi connectivity index (χ0v) is 9.65. The molecule has 1 aliphatic carbocycles. The van der Waals surface area contributed by atoms with Crippen LogP contribution in [-0.2, 0) is 4.79 Å². The van der Waals surface area contributed by atoms with Gasteiger partial charge in [0.1, 0.15) is 5.78 Å². The summed E-state index contributed by atoms with van der Waals surface area (Å²) in [7, 11) is 0. The first-order valence-electron chi connectivity index (χ1n) is 5.97. The quantitative estimate of drug-likeness (QED) is 0.828. The van der Waals surface area contributed by atoms with E-state index < -0.39 is 6.10 Å². The Morgan fingerprint density at radius 3 is 2.81 bits per heavy atom. The van der Waals surface area contributed by atoms with Gasteiger partial charge < -0.3 is 5.11 Å². The normalized spacial score (nSPS) is 23.1. The fourth-order valence-electron chi connectivity index (χ4n) is 2.55. The molecule has 86 valence electrons. The molecule has 2 atom stereocenters. The van der Waals surface area contributed by atoms with E-state index in [4.69, 9.17) is 0 Å². The van der Waals surface area contributed by atoms with E-state index in [1.54, 1.807) is 6.92 Å². The zero-order chi connectivity index (χ0) is 11.5. The van der Waals surface area contributed by atoms with Gasteiger partial charge >= 0.3 is 0 Å². The maximum Gasteiger partial charge on any atom is 0.133 e. The average Bonchev–Trinajstić information content (AvgIpc) is 2.29. The number of aliphatic hydroxyl groups is 1. The number of benzene rings is 1. The molecule has 0 aromatic heterocycles. The fraction of sp³-hybridized carbons (Fsp3) is 0.500. The molecule has 0 heterocycles.